The molecule has 1 heterocycles. The number of aliphatic carboxylic acids is 1. The Hall–Kier alpha value is -2.25. The summed E-state index contributed by atoms with van der Waals surface area (Å²) < 4.78 is 4.63. The van der Waals surface area contributed by atoms with Crippen LogP contribution >= 0.6 is 0 Å². The van der Waals surface area contributed by atoms with Gasteiger partial charge in [-0.25, -0.2) is 9.59 Å². The molecular weight excluding hydrogens is 217 g/mol. The quantitative estimate of drug-likeness (QED) is 0.356. The van der Waals surface area contributed by atoms with E-state index in [1.165, 1.54) is 0 Å². The topological polar surface area (TPSA) is 111 Å². The van der Waals surface area contributed by atoms with Crippen molar-refractivity contribution < 1.29 is 29.3 Å². The number of hydrogen-bond acceptors (Lipinski definition) is 4. The molecule has 0 atom stereocenters. The number of carboxylic acid groups (broad SMARTS) is 2. The molecule has 0 aliphatic carbocycles. The van der Waals surface area contributed by atoms with E-state index in [4.69, 9.17) is 18.1 Å². The van der Waals surface area contributed by atoms with E-state index in [2.05, 4.69) is 4.74 Å². The Bertz CT molecular complexity index is 446. The van der Waals surface area contributed by atoms with Crippen LogP contribution in [0.3, 0.4) is 0 Å². The summed E-state index contributed by atoms with van der Waals surface area (Å²) in [5.74, 6) is -2.85. The normalized spacial score (nSPS) is 9.75. The second kappa shape index (κ2) is 4.52. The molecule has 82 valence electrons. The molecule has 2 radical (unpaired) electrons. The van der Waals surface area contributed by atoms with Crippen molar-refractivity contribution in [1.29, 1.82) is 0 Å². The van der Waals surface area contributed by atoms with E-state index < -0.39 is 29.8 Å². The molecule has 0 saturated carbocycles. The zero-order valence-electron chi connectivity index (χ0n) is 7.91. The summed E-state index contributed by atoms with van der Waals surface area (Å²) in [5, 5.41) is 28.2. The van der Waals surface area contributed by atoms with Crippen LogP contribution in [0.4, 0.5) is 0 Å². The molecule has 0 saturated heterocycles. The Morgan fingerprint density at radius 1 is 1.44 bits per heavy atom. The van der Waals surface area contributed by atoms with Crippen LogP contribution < -0.4 is 15.1 Å². The summed E-state index contributed by atoms with van der Waals surface area (Å²) >= 11 is 0. The maximum atomic E-state index is 11.3. The molecule has 0 aliphatic heterocycles. The minimum absolute atomic E-state index is 0.0421. The van der Waals surface area contributed by atoms with E-state index in [9.17, 15) is 14.8 Å². The van der Waals surface area contributed by atoms with Crippen LogP contribution in [0.1, 0.15) is 10.5 Å². The number of rotatable bonds is 4. The number of aromatic carboxylic acids is 1. The minimum atomic E-state index is -1.44. The van der Waals surface area contributed by atoms with Crippen molar-refractivity contribution in [3.05, 3.63) is 23.0 Å². The number of ether oxygens (including phenoxy) is 1. The number of carbonyl (C=O) groups is 2. The standard InChI is InChI=1S/C8H6BNO6/c9-7-5(16-3-6(11)12)2-1-4(8(13)14)10(7)15/h1-2H,3H2,(H,11,12)(H,13,14). The fourth-order valence-corrected chi connectivity index (χ4v) is 0.957. The molecule has 0 unspecified atom stereocenters. The molecule has 2 N–H and O–H groups in total. The first-order valence-corrected chi connectivity index (χ1v) is 4.03. The second-order valence-corrected chi connectivity index (χ2v) is 2.75. The van der Waals surface area contributed by atoms with Crippen LogP contribution in [0.5, 0.6) is 5.75 Å². The first-order chi connectivity index (χ1) is 7.43. The summed E-state index contributed by atoms with van der Waals surface area (Å²) in [5.41, 5.74) is -1.07. The first kappa shape index (κ1) is 11.8. The van der Waals surface area contributed by atoms with Crippen LogP contribution in [0.2, 0.25) is 0 Å². The molecule has 16 heavy (non-hydrogen) atoms. The number of aromatic nitrogens is 1. The van der Waals surface area contributed by atoms with E-state index in [-0.39, 0.29) is 10.5 Å². The predicted molar refractivity (Wildman–Crippen MR) is 50.9 cm³/mol. The Balaban J connectivity index is 3.02. The van der Waals surface area contributed by atoms with Crippen molar-refractivity contribution in [1.82, 2.24) is 0 Å². The van der Waals surface area contributed by atoms with Crippen molar-refractivity contribution in [3.63, 3.8) is 0 Å². The lowest BCUT2D eigenvalue weighted by molar-refractivity contribution is -0.589. The molecule has 0 aliphatic rings. The third kappa shape index (κ3) is 2.41. The molecule has 7 nitrogen and oxygen atoms in total. The Morgan fingerprint density at radius 3 is 2.56 bits per heavy atom. The van der Waals surface area contributed by atoms with Crippen LogP contribution in [0.15, 0.2) is 12.1 Å². The zero-order chi connectivity index (χ0) is 12.3. The van der Waals surface area contributed by atoms with E-state index in [0.29, 0.717) is 0 Å². The van der Waals surface area contributed by atoms with Crippen molar-refractivity contribution in [2.75, 3.05) is 6.61 Å². The third-order valence-corrected chi connectivity index (χ3v) is 1.65. The van der Waals surface area contributed by atoms with Crippen molar-refractivity contribution in [2.45, 2.75) is 0 Å². The Labute approximate surface area is 90.9 Å². The average Bonchev–Trinajstić information content (AvgIpc) is 2.19. The smallest absolute Gasteiger partial charge is 0.402 e. The maximum Gasteiger partial charge on any atom is 0.402 e. The summed E-state index contributed by atoms with van der Waals surface area (Å²) in [6, 6.07) is 2.10. The molecule has 0 bridgehead atoms. The van der Waals surface area contributed by atoms with Gasteiger partial charge in [0.2, 0.25) is 7.85 Å². The lowest BCUT2D eigenvalue weighted by Crippen LogP contribution is -2.50. The summed E-state index contributed by atoms with van der Waals surface area (Å²) in [7, 11) is 5.28. The van der Waals surface area contributed by atoms with Gasteiger partial charge in [-0.05, 0) is 6.07 Å². The van der Waals surface area contributed by atoms with Gasteiger partial charge in [-0.2, -0.15) is 4.73 Å². The van der Waals surface area contributed by atoms with Crippen LogP contribution in [-0.4, -0.2) is 36.6 Å². The van der Waals surface area contributed by atoms with Gasteiger partial charge in [0.1, 0.15) is 0 Å². The number of pyridine rings is 1. The number of carboxylic acids is 2. The predicted octanol–water partition coefficient (Wildman–Crippen LogP) is -1.72. The van der Waals surface area contributed by atoms with Crippen molar-refractivity contribution >= 4 is 25.4 Å². The van der Waals surface area contributed by atoms with Crippen LogP contribution in [-0.2, 0) is 4.79 Å². The Morgan fingerprint density at radius 2 is 2.06 bits per heavy atom. The lowest BCUT2D eigenvalue weighted by Gasteiger charge is -2.09. The summed E-state index contributed by atoms with van der Waals surface area (Å²) in [6.07, 6.45) is 0. The molecule has 0 fully saturated rings. The highest BCUT2D eigenvalue weighted by Crippen LogP contribution is 2.04. The average molecular weight is 223 g/mol. The van der Waals surface area contributed by atoms with Gasteiger partial charge in [0, 0.05) is 6.07 Å². The van der Waals surface area contributed by atoms with E-state index in [1.54, 1.807) is 0 Å². The highest BCUT2D eigenvalue weighted by Gasteiger charge is 2.19. The molecule has 0 spiro atoms. The van der Waals surface area contributed by atoms with E-state index >= 15 is 0 Å². The molecule has 0 aromatic carbocycles. The molecule has 1 aromatic heterocycles. The molecule has 1 rings (SSSR count). The summed E-state index contributed by atoms with van der Waals surface area (Å²) in [4.78, 5) is 20.7. The van der Waals surface area contributed by atoms with Crippen LogP contribution in [0.25, 0.3) is 0 Å². The largest absolute Gasteiger partial charge is 0.618 e. The lowest BCUT2D eigenvalue weighted by atomic mass is 10.0. The third-order valence-electron chi connectivity index (χ3n) is 1.65. The second-order valence-electron chi connectivity index (χ2n) is 2.75. The van der Waals surface area contributed by atoms with Gasteiger partial charge in [0.25, 0.3) is 0 Å². The van der Waals surface area contributed by atoms with Crippen LogP contribution in [0, 0.1) is 5.21 Å². The van der Waals surface area contributed by atoms with Gasteiger partial charge in [-0.15, -0.1) is 0 Å². The molecule has 0 amide bonds. The van der Waals surface area contributed by atoms with Gasteiger partial charge in [-0.1, -0.05) is 0 Å². The molecular formula is C8H6BNO6. The SMILES string of the molecule is [B]c1c(OCC(=O)O)ccc(C(=O)O)[n+]1[O-]. The number of nitrogens with zero attached hydrogens (tertiary/aromatic N) is 1. The monoisotopic (exact) mass is 223 g/mol. The minimum Gasteiger partial charge on any atom is -0.618 e. The highest BCUT2D eigenvalue weighted by molar-refractivity contribution is 6.31. The maximum absolute atomic E-state index is 11.3. The van der Waals surface area contributed by atoms with E-state index in [0.717, 1.165) is 12.1 Å². The van der Waals surface area contributed by atoms with Crippen molar-refractivity contribution in [3.8, 4) is 5.75 Å². The fourth-order valence-electron chi connectivity index (χ4n) is 0.957. The first-order valence-electron chi connectivity index (χ1n) is 4.03. The van der Waals surface area contributed by atoms with Crippen molar-refractivity contribution in [2.24, 2.45) is 0 Å². The van der Waals surface area contributed by atoms with E-state index in [1.807, 2.05) is 0 Å². The number of hydrogen-bond donors (Lipinski definition) is 2. The zero-order valence-corrected chi connectivity index (χ0v) is 7.91. The highest BCUT2D eigenvalue weighted by atomic mass is 16.5. The summed E-state index contributed by atoms with van der Waals surface area (Å²) in [6.45, 7) is -0.670. The van der Waals surface area contributed by atoms with Gasteiger partial charge < -0.3 is 20.2 Å². The van der Waals surface area contributed by atoms with Gasteiger partial charge in [-0.3, -0.25) is 0 Å². The fraction of sp³-hybridized carbons (Fsp3) is 0.125. The van der Waals surface area contributed by atoms with Gasteiger partial charge in [0.05, 0.1) is 0 Å². The molecule has 8 heteroatoms. The van der Waals surface area contributed by atoms with Gasteiger partial charge >= 0.3 is 17.6 Å². The Kier molecular flexibility index (Phi) is 3.34. The van der Waals surface area contributed by atoms with Gasteiger partial charge in [0.15, 0.2) is 17.9 Å². The molecule has 1 aromatic rings.